The number of alkyl halides is 6. The number of hydrogen-bond donors (Lipinski definition) is 3. The molecule has 0 saturated heterocycles. The predicted octanol–water partition coefficient (Wildman–Crippen LogP) is 4.97. The molecule has 3 atom stereocenters. The molecule has 1 aliphatic rings. The van der Waals surface area contributed by atoms with Gasteiger partial charge in [0.25, 0.3) is 5.91 Å². The number of amides is 3. The minimum absolute atomic E-state index is 0.139. The summed E-state index contributed by atoms with van der Waals surface area (Å²) in [6, 6.07) is 13.1. The lowest BCUT2D eigenvalue weighted by Crippen LogP contribution is -2.48. The smallest absolute Gasteiger partial charge is 0.369 e. The van der Waals surface area contributed by atoms with E-state index in [0.29, 0.717) is 11.1 Å². The highest BCUT2D eigenvalue weighted by atomic mass is 35.5. The largest absolute Gasteiger partial charge is 0.389 e. The van der Waals surface area contributed by atoms with Crippen molar-refractivity contribution < 1.29 is 40.7 Å². The number of nitrogens with two attached hydrogens (primary N) is 1. The monoisotopic (exact) mass is 576 g/mol. The standard InChI is InChI=1S/C25H23ClF6N4O3/c26-17-8-4-7-16-18(13-5-2-1-3-6-13)34-21(23(39)35-19(16)17)36-22(38)15(10-12-25(30,31)32)14(20(33)37)9-11-24(27,28)29/h1-8,14-15,21H,9-12H2,(H2,33,37)(H,35,39)(H,36,38)/t14-,15+,21?/m0/s1. The van der Waals surface area contributed by atoms with Gasteiger partial charge in [-0.2, -0.15) is 26.3 Å². The Balaban J connectivity index is 1.99. The van der Waals surface area contributed by atoms with E-state index >= 15 is 0 Å². The Morgan fingerprint density at radius 3 is 2.10 bits per heavy atom. The molecule has 0 bridgehead atoms. The molecule has 1 unspecified atom stereocenters. The summed E-state index contributed by atoms with van der Waals surface area (Å²) in [6.07, 6.45) is -16.4. The van der Waals surface area contributed by atoms with E-state index in [1.54, 1.807) is 42.5 Å². The van der Waals surface area contributed by atoms with Gasteiger partial charge in [-0.25, -0.2) is 4.99 Å². The fraction of sp³-hybridized carbons (Fsp3) is 0.360. The zero-order valence-corrected chi connectivity index (χ0v) is 20.8. The highest BCUT2D eigenvalue weighted by Gasteiger charge is 2.40. The zero-order valence-electron chi connectivity index (χ0n) is 20.1. The van der Waals surface area contributed by atoms with E-state index in [9.17, 15) is 40.7 Å². The molecule has 0 spiro atoms. The van der Waals surface area contributed by atoms with E-state index < -0.39 is 73.8 Å². The number of rotatable bonds is 9. The lowest BCUT2D eigenvalue weighted by atomic mass is 9.83. The molecule has 2 aromatic rings. The Morgan fingerprint density at radius 1 is 0.949 bits per heavy atom. The van der Waals surface area contributed by atoms with Crippen molar-refractivity contribution in [3.05, 3.63) is 64.7 Å². The number of fused-ring (bicyclic) bond motifs is 1. The van der Waals surface area contributed by atoms with Gasteiger partial charge in [0.15, 0.2) is 0 Å². The Hall–Kier alpha value is -3.61. The average molecular weight is 577 g/mol. The van der Waals surface area contributed by atoms with Crippen molar-refractivity contribution in [1.29, 1.82) is 0 Å². The van der Waals surface area contributed by atoms with Crippen LogP contribution in [-0.4, -0.2) is 42.0 Å². The van der Waals surface area contributed by atoms with Crippen LogP contribution in [0.4, 0.5) is 32.0 Å². The van der Waals surface area contributed by atoms with Gasteiger partial charge < -0.3 is 16.4 Å². The Kier molecular flexibility index (Phi) is 9.26. The van der Waals surface area contributed by atoms with Crippen molar-refractivity contribution in [3.8, 4) is 0 Å². The number of para-hydroxylation sites is 1. The number of nitrogens with zero attached hydrogens (tertiary/aromatic N) is 1. The van der Waals surface area contributed by atoms with Crippen LogP contribution in [0.3, 0.4) is 0 Å². The normalized spacial score (nSPS) is 17.3. The van der Waals surface area contributed by atoms with Crippen LogP contribution in [0.25, 0.3) is 0 Å². The second-order valence-corrected chi connectivity index (χ2v) is 9.24. The maximum absolute atomic E-state index is 13.2. The molecule has 0 saturated carbocycles. The van der Waals surface area contributed by atoms with Crippen LogP contribution in [0.15, 0.2) is 53.5 Å². The number of carbonyl (C=O) groups is 3. The van der Waals surface area contributed by atoms with Crippen molar-refractivity contribution >= 4 is 40.7 Å². The molecule has 4 N–H and O–H groups in total. The first-order chi connectivity index (χ1) is 18.2. The second-order valence-electron chi connectivity index (χ2n) is 8.83. The molecule has 7 nitrogen and oxygen atoms in total. The van der Waals surface area contributed by atoms with Crippen LogP contribution in [0.2, 0.25) is 5.02 Å². The van der Waals surface area contributed by atoms with Gasteiger partial charge in [0.05, 0.1) is 16.4 Å². The minimum Gasteiger partial charge on any atom is -0.369 e. The summed E-state index contributed by atoms with van der Waals surface area (Å²) in [6.45, 7) is 0. The summed E-state index contributed by atoms with van der Waals surface area (Å²) in [5.41, 5.74) is 6.47. The number of benzodiazepines with no additional fused rings is 1. The fourth-order valence-electron chi connectivity index (χ4n) is 4.16. The number of benzene rings is 2. The molecule has 0 aromatic heterocycles. The van der Waals surface area contributed by atoms with Gasteiger partial charge in [0.2, 0.25) is 18.0 Å². The van der Waals surface area contributed by atoms with E-state index in [0.717, 1.165) is 0 Å². The van der Waals surface area contributed by atoms with Crippen molar-refractivity contribution in [2.24, 2.45) is 22.6 Å². The minimum atomic E-state index is -4.78. The van der Waals surface area contributed by atoms with Crippen LogP contribution in [0.1, 0.15) is 36.8 Å². The lowest BCUT2D eigenvalue weighted by Gasteiger charge is -2.26. The van der Waals surface area contributed by atoms with Gasteiger partial charge in [0.1, 0.15) is 0 Å². The number of halogens is 7. The summed E-state index contributed by atoms with van der Waals surface area (Å²) >= 11 is 6.26. The maximum atomic E-state index is 13.2. The number of carbonyl (C=O) groups excluding carboxylic acids is 3. The molecule has 2 aromatic carbocycles. The quantitative estimate of drug-likeness (QED) is 0.366. The summed E-state index contributed by atoms with van der Waals surface area (Å²) < 4.78 is 77.5. The molecule has 3 amide bonds. The molecule has 14 heteroatoms. The Labute approximate surface area is 223 Å². The van der Waals surface area contributed by atoms with Gasteiger partial charge in [-0.3, -0.25) is 14.4 Å². The van der Waals surface area contributed by atoms with Gasteiger partial charge in [-0.05, 0) is 18.9 Å². The molecule has 1 aliphatic heterocycles. The van der Waals surface area contributed by atoms with E-state index in [4.69, 9.17) is 17.3 Å². The van der Waals surface area contributed by atoms with Gasteiger partial charge >= 0.3 is 12.4 Å². The van der Waals surface area contributed by atoms with Gasteiger partial charge in [0, 0.05) is 35.8 Å². The van der Waals surface area contributed by atoms with Crippen molar-refractivity contribution in [3.63, 3.8) is 0 Å². The van der Waals surface area contributed by atoms with Crippen molar-refractivity contribution in [2.75, 3.05) is 5.32 Å². The van der Waals surface area contributed by atoms with E-state index in [-0.39, 0.29) is 16.4 Å². The average Bonchev–Trinajstić information content (AvgIpc) is 2.97. The van der Waals surface area contributed by atoms with Crippen LogP contribution in [0, 0.1) is 11.8 Å². The molecule has 0 radical (unpaired) electrons. The molecular weight excluding hydrogens is 554 g/mol. The van der Waals surface area contributed by atoms with Crippen LogP contribution >= 0.6 is 11.6 Å². The fourth-order valence-corrected chi connectivity index (χ4v) is 4.38. The third kappa shape index (κ3) is 8.19. The van der Waals surface area contributed by atoms with Crippen LogP contribution in [-0.2, 0) is 14.4 Å². The summed E-state index contributed by atoms with van der Waals surface area (Å²) in [5.74, 6) is -7.36. The Morgan fingerprint density at radius 2 is 1.54 bits per heavy atom. The number of anilines is 1. The topological polar surface area (TPSA) is 114 Å². The highest BCUT2D eigenvalue weighted by molar-refractivity contribution is 6.36. The number of nitrogens with one attached hydrogen (secondary N) is 2. The molecule has 1 heterocycles. The highest BCUT2D eigenvalue weighted by Crippen LogP contribution is 2.34. The predicted molar refractivity (Wildman–Crippen MR) is 131 cm³/mol. The molecule has 39 heavy (non-hydrogen) atoms. The van der Waals surface area contributed by atoms with Crippen molar-refractivity contribution in [1.82, 2.24) is 5.32 Å². The first-order valence-corrected chi connectivity index (χ1v) is 12.0. The lowest BCUT2D eigenvalue weighted by molar-refractivity contribution is -0.152. The Bertz CT molecular complexity index is 1250. The molecule has 0 fully saturated rings. The van der Waals surface area contributed by atoms with Gasteiger partial charge in [-0.1, -0.05) is 54.1 Å². The molecule has 210 valence electrons. The molecule has 3 rings (SSSR count). The summed E-state index contributed by atoms with van der Waals surface area (Å²) in [7, 11) is 0. The van der Waals surface area contributed by atoms with E-state index in [1.807, 2.05) is 0 Å². The zero-order chi connectivity index (χ0) is 29.0. The summed E-state index contributed by atoms with van der Waals surface area (Å²) in [4.78, 5) is 42.5. The third-order valence-electron chi connectivity index (χ3n) is 6.02. The first kappa shape index (κ1) is 29.9. The van der Waals surface area contributed by atoms with Gasteiger partial charge in [-0.15, -0.1) is 0 Å². The first-order valence-electron chi connectivity index (χ1n) is 11.6. The second kappa shape index (κ2) is 12.1. The number of hydrogen-bond acceptors (Lipinski definition) is 4. The molecule has 0 aliphatic carbocycles. The molecular formula is C25H23ClF6N4O3. The third-order valence-corrected chi connectivity index (χ3v) is 6.33. The summed E-state index contributed by atoms with van der Waals surface area (Å²) in [5, 5.41) is 4.85. The van der Waals surface area contributed by atoms with Crippen LogP contribution in [0.5, 0.6) is 0 Å². The SMILES string of the molecule is NC(=O)[C@@H](CCC(F)(F)F)[C@@H](CCC(F)(F)F)C(=O)NC1N=C(c2ccccc2)c2cccc(Cl)c2NC1=O. The maximum Gasteiger partial charge on any atom is 0.389 e. The van der Waals surface area contributed by atoms with E-state index in [2.05, 4.69) is 15.6 Å². The van der Waals surface area contributed by atoms with Crippen molar-refractivity contribution in [2.45, 2.75) is 44.2 Å². The number of aliphatic imine (C=N–C) groups is 1. The van der Waals surface area contributed by atoms with E-state index in [1.165, 1.54) is 6.07 Å². The number of primary amides is 1. The van der Waals surface area contributed by atoms with Crippen LogP contribution < -0.4 is 16.4 Å².